The van der Waals surface area contributed by atoms with E-state index in [0.717, 1.165) is 5.69 Å². The van der Waals surface area contributed by atoms with Gasteiger partial charge in [-0.3, -0.25) is 9.59 Å². The summed E-state index contributed by atoms with van der Waals surface area (Å²) in [6.07, 6.45) is 0.782. The number of ether oxygens (including phenoxy) is 1. The fourth-order valence-electron chi connectivity index (χ4n) is 2.56. The van der Waals surface area contributed by atoms with Crippen LogP contribution in [0.2, 0.25) is 5.02 Å². The first kappa shape index (κ1) is 17.0. The molecule has 0 saturated carbocycles. The van der Waals surface area contributed by atoms with Gasteiger partial charge in [0.1, 0.15) is 11.6 Å². The maximum Gasteiger partial charge on any atom is 0.262 e. The predicted octanol–water partition coefficient (Wildman–Crippen LogP) is 1.69. The van der Waals surface area contributed by atoms with Gasteiger partial charge in [-0.25, -0.2) is 4.98 Å². The molecule has 7 nitrogen and oxygen atoms in total. The van der Waals surface area contributed by atoms with Gasteiger partial charge in [-0.05, 0) is 24.3 Å². The number of amides is 2. The summed E-state index contributed by atoms with van der Waals surface area (Å²) in [6.45, 7) is 0.344. The molecule has 25 heavy (non-hydrogen) atoms. The first-order chi connectivity index (χ1) is 12.1. The van der Waals surface area contributed by atoms with Crippen LogP contribution >= 0.6 is 11.6 Å². The van der Waals surface area contributed by atoms with E-state index >= 15 is 0 Å². The van der Waals surface area contributed by atoms with Crippen molar-refractivity contribution < 1.29 is 14.3 Å². The lowest BCUT2D eigenvalue weighted by atomic mass is 10.1. The molecule has 0 aliphatic carbocycles. The smallest absolute Gasteiger partial charge is 0.262 e. The molecule has 0 radical (unpaired) electrons. The lowest BCUT2D eigenvalue weighted by Gasteiger charge is -2.34. The van der Waals surface area contributed by atoms with E-state index in [0.29, 0.717) is 16.6 Å². The minimum Gasteiger partial charge on any atom is -0.477 e. The van der Waals surface area contributed by atoms with Crippen molar-refractivity contribution >= 4 is 34.9 Å². The number of para-hydroxylation sites is 2. The number of carbonyl (C=O) groups excluding carboxylic acids is 2. The fraction of sp³-hybridized carbons (Fsp3) is 0.235. The van der Waals surface area contributed by atoms with E-state index in [1.165, 1.54) is 6.20 Å². The summed E-state index contributed by atoms with van der Waals surface area (Å²) in [5.74, 6) is 0.500. The first-order valence-electron chi connectivity index (χ1n) is 7.70. The zero-order valence-electron chi connectivity index (χ0n) is 13.5. The van der Waals surface area contributed by atoms with E-state index in [4.69, 9.17) is 16.3 Å². The molecule has 0 saturated heterocycles. The number of hydrogen-bond acceptors (Lipinski definition) is 5. The number of fused-ring (bicyclic) bond motifs is 1. The van der Waals surface area contributed by atoms with Crippen LogP contribution in [0.3, 0.4) is 0 Å². The summed E-state index contributed by atoms with van der Waals surface area (Å²) in [4.78, 5) is 30.1. The van der Waals surface area contributed by atoms with Gasteiger partial charge in [0, 0.05) is 13.2 Å². The number of halogens is 1. The SMILES string of the molecule is CNC(=O)C1CN(CC(=O)Nc2ccc(Cl)cn2)c2ccccc2O1. The Morgan fingerprint density at radius 1 is 1.32 bits per heavy atom. The molecule has 1 aromatic carbocycles. The monoisotopic (exact) mass is 360 g/mol. The number of aromatic nitrogens is 1. The average molecular weight is 361 g/mol. The van der Waals surface area contributed by atoms with Crippen molar-refractivity contribution in [1.82, 2.24) is 10.3 Å². The van der Waals surface area contributed by atoms with Crippen LogP contribution in [0.4, 0.5) is 11.5 Å². The minimum absolute atomic E-state index is 0.0676. The van der Waals surface area contributed by atoms with E-state index in [-0.39, 0.29) is 24.9 Å². The zero-order valence-corrected chi connectivity index (χ0v) is 14.3. The van der Waals surface area contributed by atoms with E-state index in [1.54, 1.807) is 25.2 Å². The second kappa shape index (κ2) is 7.40. The molecule has 2 heterocycles. The lowest BCUT2D eigenvalue weighted by molar-refractivity contribution is -0.127. The van der Waals surface area contributed by atoms with Gasteiger partial charge < -0.3 is 20.3 Å². The van der Waals surface area contributed by atoms with Crippen molar-refractivity contribution in [3.05, 3.63) is 47.6 Å². The molecule has 1 aromatic heterocycles. The van der Waals surface area contributed by atoms with Crippen LogP contribution in [0, 0.1) is 0 Å². The summed E-state index contributed by atoms with van der Waals surface area (Å²) in [7, 11) is 1.55. The van der Waals surface area contributed by atoms with Gasteiger partial charge in [0.15, 0.2) is 6.10 Å². The molecule has 1 atom stereocenters. The number of pyridine rings is 1. The largest absolute Gasteiger partial charge is 0.477 e. The van der Waals surface area contributed by atoms with E-state index in [9.17, 15) is 9.59 Å². The highest BCUT2D eigenvalue weighted by molar-refractivity contribution is 6.30. The highest BCUT2D eigenvalue weighted by Gasteiger charge is 2.30. The van der Waals surface area contributed by atoms with E-state index in [2.05, 4.69) is 15.6 Å². The number of likely N-dealkylation sites (N-methyl/N-ethyl adjacent to an activating group) is 1. The van der Waals surface area contributed by atoms with Gasteiger partial charge in [-0.15, -0.1) is 0 Å². The van der Waals surface area contributed by atoms with Crippen molar-refractivity contribution in [1.29, 1.82) is 0 Å². The molecule has 130 valence electrons. The second-order valence-electron chi connectivity index (χ2n) is 5.48. The van der Waals surface area contributed by atoms with Gasteiger partial charge in [-0.1, -0.05) is 23.7 Å². The fourth-order valence-corrected chi connectivity index (χ4v) is 2.67. The molecule has 2 aromatic rings. The Morgan fingerprint density at radius 2 is 2.12 bits per heavy atom. The van der Waals surface area contributed by atoms with E-state index < -0.39 is 6.10 Å². The molecular formula is C17H17ClN4O3. The van der Waals surface area contributed by atoms with Crippen LogP contribution < -0.4 is 20.3 Å². The first-order valence-corrected chi connectivity index (χ1v) is 8.08. The number of anilines is 2. The molecule has 2 amide bonds. The van der Waals surface area contributed by atoms with Crippen molar-refractivity contribution in [3.8, 4) is 5.75 Å². The van der Waals surface area contributed by atoms with Crippen molar-refractivity contribution in [3.63, 3.8) is 0 Å². The van der Waals surface area contributed by atoms with Crippen molar-refractivity contribution in [2.75, 3.05) is 30.4 Å². The van der Waals surface area contributed by atoms with E-state index in [1.807, 2.05) is 23.1 Å². The number of nitrogens with one attached hydrogen (secondary N) is 2. The molecule has 1 unspecified atom stereocenters. The molecular weight excluding hydrogens is 344 g/mol. The minimum atomic E-state index is -0.679. The standard InChI is InChI=1S/C17H17ClN4O3/c1-19-17(24)14-9-22(12-4-2-3-5-13(12)25-14)10-16(23)21-15-7-6-11(18)8-20-15/h2-8,14H,9-10H2,1H3,(H,19,24)(H,20,21,23). The third kappa shape index (κ3) is 4.00. The predicted molar refractivity (Wildman–Crippen MR) is 95.0 cm³/mol. The number of benzene rings is 1. The molecule has 3 rings (SSSR count). The summed E-state index contributed by atoms with van der Waals surface area (Å²) in [6, 6.07) is 10.6. The van der Waals surface area contributed by atoms with Gasteiger partial charge in [-0.2, -0.15) is 0 Å². The Labute approximate surface area is 149 Å². The summed E-state index contributed by atoms with van der Waals surface area (Å²) in [5.41, 5.74) is 0.766. The molecule has 1 aliphatic heterocycles. The van der Waals surface area contributed by atoms with Crippen LogP contribution in [0.5, 0.6) is 5.75 Å². The van der Waals surface area contributed by atoms with Crippen LogP contribution in [0.1, 0.15) is 0 Å². The highest BCUT2D eigenvalue weighted by atomic mass is 35.5. The lowest BCUT2D eigenvalue weighted by Crippen LogP contribution is -2.50. The van der Waals surface area contributed by atoms with Crippen LogP contribution in [0.15, 0.2) is 42.6 Å². The summed E-state index contributed by atoms with van der Waals surface area (Å²) in [5, 5.41) is 5.78. The summed E-state index contributed by atoms with van der Waals surface area (Å²) < 4.78 is 5.72. The van der Waals surface area contributed by atoms with Gasteiger partial charge in [0.05, 0.1) is 23.8 Å². The maximum atomic E-state index is 12.4. The molecule has 1 aliphatic rings. The Hall–Kier alpha value is -2.80. The van der Waals surface area contributed by atoms with Crippen LogP contribution in [0.25, 0.3) is 0 Å². The molecule has 0 bridgehead atoms. The topological polar surface area (TPSA) is 83.6 Å². The Kier molecular flexibility index (Phi) is 5.04. The number of carbonyl (C=O) groups is 2. The van der Waals surface area contributed by atoms with Gasteiger partial charge in [0.2, 0.25) is 5.91 Å². The third-order valence-corrected chi connectivity index (χ3v) is 3.95. The number of hydrogen-bond donors (Lipinski definition) is 2. The number of rotatable bonds is 4. The maximum absolute atomic E-state index is 12.4. The molecule has 0 fully saturated rings. The second-order valence-corrected chi connectivity index (χ2v) is 5.92. The zero-order chi connectivity index (χ0) is 17.8. The highest BCUT2D eigenvalue weighted by Crippen LogP contribution is 2.32. The van der Waals surface area contributed by atoms with Crippen LogP contribution in [-0.4, -0.2) is 43.0 Å². The number of nitrogens with zero attached hydrogens (tertiary/aromatic N) is 2. The van der Waals surface area contributed by atoms with Crippen molar-refractivity contribution in [2.24, 2.45) is 0 Å². The summed E-state index contributed by atoms with van der Waals surface area (Å²) >= 11 is 5.78. The molecule has 2 N–H and O–H groups in total. The Bertz CT molecular complexity index is 782. The Morgan fingerprint density at radius 3 is 2.84 bits per heavy atom. The Balaban J connectivity index is 1.74. The quantitative estimate of drug-likeness (QED) is 0.866. The molecule has 8 heteroatoms. The van der Waals surface area contributed by atoms with Gasteiger partial charge >= 0.3 is 0 Å². The normalized spacial score (nSPS) is 15.8. The third-order valence-electron chi connectivity index (χ3n) is 3.73. The van der Waals surface area contributed by atoms with Gasteiger partial charge in [0.25, 0.3) is 5.91 Å². The van der Waals surface area contributed by atoms with Crippen molar-refractivity contribution in [2.45, 2.75) is 6.10 Å². The molecule has 0 spiro atoms. The average Bonchev–Trinajstić information content (AvgIpc) is 2.62. The van der Waals surface area contributed by atoms with Crippen LogP contribution in [-0.2, 0) is 9.59 Å².